The molecule has 0 fully saturated rings. The van der Waals surface area contributed by atoms with Crippen molar-refractivity contribution in [1.29, 1.82) is 0 Å². The number of anilines is 1. The molecular weight excluding hydrogens is 319 g/mol. The molecule has 5 heteroatoms. The Kier molecular flexibility index (Phi) is 5.12. The molecule has 0 aliphatic carbocycles. The quantitative estimate of drug-likeness (QED) is 0.907. The Balaban J connectivity index is 1.54. The van der Waals surface area contributed by atoms with Crippen LogP contribution < -0.4 is 5.32 Å². The minimum Gasteiger partial charge on any atom is -0.341 e. The number of rotatable bonds is 5. The average Bonchev–Trinajstić information content (AvgIpc) is 2.59. The molecule has 0 spiro atoms. The lowest BCUT2D eigenvalue weighted by molar-refractivity contribution is -0.131. The van der Waals surface area contributed by atoms with Gasteiger partial charge in [-0.05, 0) is 42.2 Å². The number of hydrogen-bond acceptors (Lipinski definition) is 2. The van der Waals surface area contributed by atoms with Crippen molar-refractivity contribution in [3.63, 3.8) is 0 Å². The molecule has 25 heavy (non-hydrogen) atoms. The summed E-state index contributed by atoms with van der Waals surface area (Å²) in [6.07, 6.45) is 1.46. The van der Waals surface area contributed by atoms with Crippen molar-refractivity contribution in [1.82, 2.24) is 4.90 Å². The van der Waals surface area contributed by atoms with Crippen molar-refractivity contribution in [2.24, 2.45) is 5.92 Å². The van der Waals surface area contributed by atoms with Gasteiger partial charge < -0.3 is 10.2 Å². The highest BCUT2D eigenvalue weighted by Crippen LogP contribution is 2.27. The number of nitrogens with one attached hydrogen (secondary N) is 1. The number of fused-ring (bicyclic) bond motifs is 1. The van der Waals surface area contributed by atoms with Crippen LogP contribution in [0, 0.1) is 11.7 Å². The van der Waals surface area contributed by atoms with Crippen molar-refractivity contribution >= 4 is 17.5 Å². The van der Waals surface area contributed by atoms with E-state index in [1.807, 2.05) is 24.3 Å². The van der Waals surface area contributed by atoms with Crippen molar-refractivity contribution in [3.8, 4) is 0 Å². The summed E-state index contributed by atoms with van der Waals surface area (Å²) in [5.41, 5.74) is 2.71. The lowest BCUT2D eigenvalue weighted by Crippen LogP contribution is -2.32. The number of amides is 2. The Morgan fingerprint density at radius 1 is 1.24 bits per heavy atom. The molecule has 1 N–H and O–H groups in total. The molecular formula is C20H21FN2O2. The largest absolute Gasteiger partial charge is 0.341 e. The zero-order valence-electron chi connectivity index (χ0n) is 14.2. The molecule has 2 amide bonds. The third kappa shape index (κ3) is 4.24. The molecule has 0 radical (unpaired) electrons. The van der Waals surface area contributed by atoms with Gasteiger partial charge in [-0.15, -0.1) is 0 Å². The minimum absolute atomic E-state index is 0.0284. The van der Waals surface area contributed by atoms with Crippen LogP contribution in [0.4, 0.5) is 10.1 Å². The van der Waals surface area contributed by atoms with Crippen LogP contribution in [0.15, 0.2) is 48.5 Å². The van der Waals surface area contributed by atoms with Gasteiger partial charge in [0.2, 0.25) is 11.8 Å². The van der Waals surface area contributed by atoms with Crippen molar-refractivity contribution in [2.75, 3.05) is 12.4 Å². The summed E-state index contributed by atoms with van der Waals surface area (Å²) in [6.45, 7) is 0.357. The van der Waals surface area contributed by atoms with Crippen molar-refractivity contribution < 1.29 is 14.0 Å². The summed E-state index contributed by atoms with van der Waals surface area (Å²) < 4.78 is 13.2. The fraction of sp³-hybridized carbons (Fsp3) is 0.300. The number of carbonyl (C=O) groups excluding carboxylic acids is 2. The second kappa shape index (κ2) is 7.47. The Morgan fingerprint density at radius 3 is 2.84 bits per heavy atom. The van der Waals surface area contributed by atoms with Crippen LogP contribution in [0.2, 0.25) is 0 Å². The zero-order chi connectivity index (χ0) is 17.8. The fourth-order valence-corrected chi connectivity index (χ4v) is 3.13. The maximum atomic E-state index is 13.2. The van der Waals surface area contributed by atoms with E-state index in [2.05, 4.69) is 5.32 Å². The Hall–Kier alpha value is -2.69. The summed E-state index contributed by atoms with van der Waals surface area (Å²) in [5.74, 6) is -0.576. The van der Waals surface area contributed by atoms with Gasteiger partial charge in [0.05, 0.1) is 0 Å². The van der Waals surface area contributed by atoms with Gasteiger partial charge in [-0.1, -0.05) is 30.3 Å². The predicted octanol–water partition coefficient (Wildman–Crippen LogP) is 3.38. The second-order valence-electron chi connectivity index (χ2n) is 6.47. The van der Waals surface area contributed by atoms with Crippen LogP contribution in [0.1, 0.15) is 24.0 Å². The van der Waals surface area contributed by atoms with E-state index in [1.165, 1.54) is 12.1 Å². The van der Waals surface area contributed by atoms with E-state index in [0.717, 1.165) is 16.8 Å². The van der Waals surface area contributed by atoms with Crippen LogP contribution in [0.3, 0.4) is 0 Å². The van der Waals surface area contributed by atoms with E-state index in [9.17, 15) is 14.0 Å². The molecule has 1 heterocycles. The zero-order valence-corrected chi connectivity index (χ0v) is 14.2. The van der Waals surface area contributed by atoms with E-state index >= 15 is 0 Å². The number of carbonyl (C=O) groups is 2. The van der Waals surface area contributed by atoms with Gasteiger partial charge in [0.15, 0.2) is 0 Å². The number of nitrogens with zero attached hydrogens (tertiary/aromatic N) is 1. The maximum Gasteiger partial charge on any atom is 0.227 e. The molecule has 1 aliphatic heterocycles. The van der Waals surface area contributed by atoms with Crippen LogP contribution in [-0.2, 0) is 22.6 Å². The van der Waals surface area contributed by atoms with Crippen LogP contribution in [0.5, 0.6) is 0 Å². The monoisotopic (exact) mass is 340 g/mol. The Bertz CT molecular complexity index is 791. The van der Waals surface area contributed by atoms with E-state index in [4.69, 9.17) is 0 Å². The molecule has 0 saturated heterocycles. The lowest BCUT2D eigenvalue weighted by Gasteiger charge is -2.25. The molecule has 1 aliphatic rings. The van der Waals surface area contributed by atoms with Gasteiger partial charge in [-0.3, -0.25) is 9.59 Å². The number of halogens is 1. The number of hydrogen-bond donors (Lipinski definition) is 1. The van der Waals surface area contributed by atoms with Gasteiger partial charge in [-0.2, -0.15) is 0 Å². The lowest BCUT2D eigenvalue weighted by atomic mass is 9.89. The highest BCUT2D eigenvalue weighted by atomic mass is 19.1. The molecule has 0 bridgehead atoms. The highest BCUT2D eigenvalue weighted by Gasteiger charge is 2.26. The molecule has 1 atom stereocenters. The van der Waals surface area contributed by atoms with Crippen LogP contribution >= 0.6 is 0 Å². The van der Waals surface area contributed by atoms with Gasteiger partial charge in [-0.25, -0.2) is 4.39 Å². The number of para-hydroxylation sites is 1. The molecule has 2 aromatic rings. The van der Waals surface area contributed by atoms with Crippen molar-refractivity contribution in [2.45, 2.75) is 25.8 Å². The summed E-state index contributed by atoms with van der Waals surface area (Å²) in [5, 5.41) is 2.90. The van der Waals surface area contributed by atoms with E-state index in [-0.39, 0.29) is 23.5 Å². The van der Waals surface area contributed by atoms with Gasteiger partial charge in [0, 0.05) is 31.6 Å². The SMILES string of the molecule is CN(Cc1cccc(F)c1)C(=O)CC[C@H]1Cc2ccccc2NC1=O. The van der Waals surface area contributed by atoms with Crippen molar-refractivity contribution in [3.05, 3.63) is 65.5 Å². The summed E-state index contributed by atoms with van der Waals surface area (Å²) in [4.78, 5) is 26.1. The first kappa shape index (κ1) is 17.1. The second-order valence-corrected chi connectivity index (χ2v) is 6.47. The molecule has 3 rings (SSSR count). The average molecular weight is 340 g/mol. The smallest absolute Gasteiger partial charge is 0.227 e. The summed E-state index contributed by atoms with van der Waals surface area (Å²) in [7, 11) is 1.70. The first-order chi connectivity index (χ1) is 12.0. The molecule has 0 aromatic heterocycles. The third-order valence-corrected chi connectivity index (χ3v) is 4.55. The molecule has 2 aromatic carbocycles. The molecule has 0 saturated carbocycles. The topological polar surface area (TPSA) is 49.4 Å². The van der Waals surface area contributed by atoms with Gasteiger partial charge in [0.25, 0.3) is 0 Å². The normalized spacial score (nSPS) is 16.1. The maximum absolute atomic E-state index is 13.2. The minimum atomic E-state index is -0.309. The van der Waals surface area contributed by atoms with Gasteiger partial charge >= 0.3 is 0 Å². The first-order valence-corrected chi connectivity index (χ1v) is 8.40. The van der Waals surface area contributed by atoms with Crippen LogP contribution in [-0.4, -0.2) is 23.8 Å². The first-order valence-electron chi connectivity index (χ1n) is 8.40. The van der Waals surface area contributed by atoms with E-state index < -0.39 is 0 Å². The molecule has 4 nitrogen and oxygen atoms in total. The Morgan fingerprint density at radius 2 is 2.04 bits per heavy atom. The van der Waals surface area contributed by atoms with Crippen LogP contribution in [0.25, 0.3) is 0 Å². The predicted molar refractivity (Wildman–Crippen MR) is 94.4 cm³/mol. The summed E-state index contributed by atoms with van der Waals surface area (Å²) in [6, 6.07) is 14.0. The van der Waals surface area contributed by atoms with E-state index in [0.29, 0.717) is 25.8 Å². The molecule has 0 unspecified atom stereocenters. The third-order valence-electron chi connectivity index (χ3n) is 4.55. The molecule has 130 valence electrons. The number of benzene rings is 2. The fourth-order valence-electron chi connectivity index (χ4n) is 3.13. The Labute approximate surface area is 146 Å². The highest BCUT2D eigenvalue weighted by molar-refractivity contribution is 5.96. The van der Waals surface area contributed by atoms with Gasteiger partial charge in [0.1, 0.15) is 5.82 Å². The van der Waals surface area contributed by atoms with E-state index in [1.54, 1.807) is 24.1 Å². The summed E-state index contributed by atoms with van der Waals surface area (Å²) >= 11 is 0. The standard InChI is InChI=1S/C20H21FN2O2/c1-23(13-14-5-4-7-17(21)11-14)19(24)10-9-16-12-15-6-2-3-8-18(15)22-20(16)25/h2-8,11,16H,9-10,12-13H2,1H3,(H,22,25)/t16-/m0/s1.